The van der Waals surface area contributed by atoms with Crippen molar-refractivity contribution in [2.75, 3.05) is 0 Å². The lowest BCUT2D eigenvalue weighted by molar-refractivity contribution is 0.238. The molecule has 1 heteroatoms. The average molecular weight is 253 g/mol. The first-order chi connectivity index (χ1) is 8.66. The summed E-state index contributed by atoms with van der Waals surface area (Å²) in [7, 11) is 0. The van der Waals surface area contributed by atoms with E-state index in [0.717, 1.165) is 0 Å². The maximum Gasteiger partial charge on any atom is 0.00390 e. The van der Waals surface area contributed by atoms with Gasteiger partial charge in [-0.2, -0.15) is 0 Å². The van der Waals surface area contributed by atoms with Crippen molar-refractivity contribution < 1.29 is 0 Å². The van der Waals surface area contributed by atoms with Crippen molar-refractivity contribution in [2.45, 2.75) is 103 Å². The summed E-state index contributed by atoms with van der Waals surface area (Å²) in [5.41, 5.74) is 6.88. The Kier molecular flexibility index (Phi) is 7.97. The average Bonchev–Trinajstić information content (AvgIpc) is 2.58. The van der Waals surface area contributed by atoms with Crippen molar-refractivity contribution in [1.82, 2.24) is 0 Å². The van der Waals surface area contributed by atoms with Crippen molar-refractivity contribution in [2.24, 2.45) is 11.1 Å². The molecule has 0 aliphatic heterocycles. The quantitative estimate of drug-likeness (QED) is 0.453. The molecule has 1 saturated carbocycles. The molecule has 2 N–H and O–H groups in total. The van der Waals surface area contributed by atoms with E-state index in [2.05, 4.69) is 13.8 Å². The molecule has 0 spiro atoms. The molecule has 0 aromatic carbocycles. The molecular formula is C17H35N. The van der Waals surface area contributed by atoms with E-state index >= 15 is 0 Å². The van der Waals surface area contributed by atoms with Gasteiger partial charge in [-0.1, -0.05) is 65.2 Å². The first-order valence-electron chi connectivity index (χ1n) is 8.42. The number of hydrogen-bond acceptors (Lipinski definition) is 1. The molecule has 0 aromatic rings. The molecular weight excluding hydrogens is 218 g/mol. The molecule has 1 aliphatic carbocycles. The highest BCUT2D eigenvalue weighted by Crippen LogP contribution is 2.38. The van der Waals surface area contributed by atoms with Crippen LogP contribution in [0.3, 0.4) is 0 Å². The molecule has 18 heavy (non-hydrogen) atoms. The molecule has 1 rings (SSSR count). The van der Waals surface area contributed by atoms with Crippen LogP contribution in [-0.4, -0.2) is 6.04 Å². The van der Waals surface area contributed by atoms with Crippen LogP contribution in [0.5, 0.6) is 0 Å². The van der Waals surface area contributed by atoms with Crippen molar-refractivity contribution in [3.63, 3.8) is 0 Å². The number of nitrogens with two attached hydrogens (primary N) is 1. The third-order valence-electron chi connectivity index (χ3n) is 4.86. The molecule has 0 radical (unpaired) electrons. The Morgan fingerprint density at radius 1 is 0.944 bits per heavy atom. The van der Waals surface area contributed by atoms with Crippen LogP contribution in [0, 0.1) is 5.41 Å². The zero-order valence-electron chi connectivity index (χ0n) is 12.8. The maximum absolute atomic E-state index is 6.27. The summed E-state index contributed by atoms with van der Waals surface area (Å²) in [6.07, 6.45) is 18.0. The lowest BCUT2D eigenvalue weighted by Gasteiger charge is -2.29. The van der Waals surface area contributed by atoms with E-state index in [9.17, 15) is 0 Å². The summed E-state index contributed by atoms with van der Waals surface area (Å²) in [6.45, 7) is 4.77. The van der Waals surface area contributed by atoms with E-state index < -0.39 is 0 Å². The third kappa shape index (κ3) is 6.78. The predicted octanol–water partition coefficient (Wildman–Crippen LogP) is 5.42. The Labute approximate surface area is 115 Å². The van der Waals surface area contributed by atoms with Gasteiger partial charge >= 0.3 is 0 Å². The molecule has 1 atom stereocenters. The molecule has 1 nitrogen and oxygen atoms in total. The minimum absolute atomic E-state index is 0.460. The molecule has 108 valence electrons. The Morgan fingerprint density at radius 2 is 1.61 bits per heavy atom. The SMILES string of the molecule is CCCCCCC(N)CCC1(C)CCCCCC1. The number of unbranched alkanes of at least 4 members (excludes halogenated alkanes) is 3. The largest absolute Gasteiger partial charge is 0.328 e. The number of hydrogen-bond donors (Lipinski definition) is 1. The second kappa shape index (κ2) is 8.96. The fraction of sp³-hybridized carbons (Fsp3) is 1.00. The highest BCUT2D eigenvalue weighted by Gasteiger charge is 2.25. The summed E-state index contributed by atoms with van der Waals surface area (Å²) < 4.78 is 0. The molecule has 0 amide bonds. The lowest BCUT2D eigenvalue weighted by atomic mass is 9.77. The molecule has 0 heterocycles. The van der Waals surface area contributed by atoms with Gasteiger partial charge in [-0.3, -0.25) is 0 Å². The van der Waals surface area contributed by atoms with Gasteiger partial charge in [-0.05, 0) is 37.5 Å². The van der Waals surface area contributed by atoms with Gasteiger partial charge in [0.2, 0.25) is 0 Å². The van der Waals surface area contributed by atoms with Crippen LogP contribution in [0.4, 0.5) is 0 Å². The van der Waals surface area contributed by atoms with Crippen molar-refractivity contribution in [1.29, 1.82) is 0 Å². The number of rotatable bonds is 8. The van der Waals surface area contributed by atoms with Gasteiger partial charge in [-0.15, -0.1) is 0 Å². The topological polar surface area (TPSA) is 26.0 Å². The van der Waals surface area contributed by atoms with E-state index in [1.54, 1.807) is 0 Å². The smallest absolute Gasteiger partial charge is 0.00390 e. The molecule has 0 bridgehead atoms. The van der Waals surface area contributed by atoms with E-state index in [-0.39, 0.29) is 0 Å². The second-order valence-corrected chi connectivity index (χ2v) is 6.87. The van der Waals surface area contributed by atoms with Gasteiger partial charge < -0.3 is 5.73 Å². The van der Waals surface area contributed by atoms with Gasteiger partial charge in [0, 0.05) is 6.04 Å². The predicted molar refractivity (Wildman–Crippen MR) is 81.8 cm³/mol. The summed E-state index contributed by atoms with van der Waals surface area (Å²) in [4.78, 5) is 0. The zero-order valence-corrected chi connectivity index (χ0v) is 12.8. The minimum Gasteiger partial charge on any atom is -0.328 e. The van der Waals surface area contributed by atoms with Crippen LogP contribution in [0.2, 0.25) is 0 Å². The fourth-order valence-corrected chi connectivity index (χ4v) is 3.34. The molecule has 0 saturated heterocycles. The molecule has 0 aromatic heterocycles. The maximum atomic E-state index is 6.27. The second-order valence-electron chi connectivity index (χ2n) is 6.87. The molecule has 1 unspecified atom stereocenters. The third-order valence-corrected chi connectivity index (χ3v) is 4.86. The Bertz CT molecular complexity index is 192. The lowest BCUT2D eigenvalue weighted by Crippen LogP contribution is -2.24. The van der Waals surface area contributed by atoms with E-state index in [4.69, 9.17) is 5.73 Å². The normalized spacial score (nSPS) is 21.5. The fourth-order valence-electron chi connectivity index (χ4n) is 3.34. The van der Waals surface area contributed by atoms with Crippen LogP contribution in [-0.2, 0) is 0 Å². The van der Waals surface area contributed by atoms with E-state index in [0.29, 0.717) is 11.5 Å². The van der Waals surface area contributed by atoms with Gasteiger partial charge in [0.1, 0.15) is 0 Å². The monoisotopic (exact) mass is 253 g/mol. The Morgan fingerprint density at radius 3 is 2.22 bits per heavy atom. The van der Waals surface area contributed by atoms with Crippen LogP contribution < -0.4 is 5.73 Å². The highest BCUT2D eigenvalue weighted by atomic mass is 14.6. The summed E-state index contributed by atoms with van der Waals surface area (Å²) >= 11 is 0. The van der Waals surface area contributed by atoms with Gasteiger partial charge in [0.15, 0.2) is 0 Å². The summed E-state index contributed by atoms with van der Waals surface area (Å²) in [5, 5.41) is 0. The minimum atomic E-state index is 0.460. The first kappa shape index (κ1) is 16.0. The van der Waals surface area contributed by atoms with Crippen LogP contribution in [0.1, 0.15) is 97.3 Å². The summed E-state index contributed by atoms with van der Waals surface area (Å²) in [5.74, 6) is 0. The van der Waals surface area contributed by atoms with Crippen LogP contribution in [0.25, 0.3) is 0 Å². The van der Waals surface area contributed by atoms with Crippen LogP contribution in [0.15, 0.2) is 0 Å². The first-order valence-corrected chi connectivity index (χ1v) is 8.42. The van der Waals surface area contributed by atoms with Crippen molar-refractivity contribution in [3.05, 3.63) is 0 Å². The van der Waals surface area contributed by atoms with Crippen LogP contribution >= 0.6 is 0 Å². The van der Waals surface area contributed by atoms with Gasteiger partial charge in [-0.25, -0.2) is 0 Å². The molecule has 1 fully saturated rings. The standard InChI is InChI=1S/C17H35N/c1-3-4-5-8-11-16(18)12-15-17(2)13-9-6-7-10-14-17/h16H,3-15,18H2,1-2H3. The van der Waals surface area contributed by atoms with E-state index in [1.165, 1.54) is 83.5 Å². The van der Waals surface area contributed by atoms with E-state index in [1.807, 2.05) is 0 Å². The highest BCUT2D eigenvalue weighted by molar-refractivity contribution is 4.79. The van der Waals surface area contributed by atoms with Gasteiger partial charge in [0.25, 0.3) is 0 Å². The van der Waals surface area contributed by atoms with Crippen molar-refractivity contribution in [3.8, 4) is 0 Å². The Hall–Kier alpha value is -0.0400. The van der Waals surface area contributed by atoms with Crippen molar-refractivity contribution >= 4 is 0 Å². The Balaban J connectivity index is 2.13. The zero-order chi connectivity index (χ0) is 13.3. The van der Waals surface area contributed by atoms with Gasteiger partial charge in [0.05, 0.1) is 0 Å². The summed E-state index contributed by atoms with van der Waals surface area (Å²) in [6, 6.07) is 0.460. The molecule has 1 aliphatic rings.